The highest BCUT2D eigenvalue weighted by molar-refractivity contribution is 5.78. The molecule has 0 amide bonds. The van der Waals surface area contributed by atoms with E-state index in [1.165, 1.54) is 0 Å². The van der Waals surface area contributed by atoms with Crippen molar-refractivity contribution >= 4 is 5.97 Å². The van der Waals surface area contributed by atoms with Crippen LogP contribution in [0.15, 0.2) is 48.5 Å². The molecule has 0 radical (unpaired) electrons. The minimum Gasteiger partial charge on any atom is -0.481 e. The van der Waals surface area contributed by atoms with E-state index in [2.05, 4.69) is 0 Å². The van der Waals surface area contributed by atoms with Crippen molar-refractivity contribution in [3.05, 3.63) is 59.7 Å². The Morgan fingerprint density at radius 3 is 2.50 bits per heavy atom. The number of ether oxygens (including phenoxy) is 1. The van der Waals surface area contributed by atoms with Gasteiger partial charge in [0.2, 0.25) is 0 Å². The van der Waals surface area contributed by atoms with E-state index < -0.39 is 11.9 Å². The molecule has 2 aromatic rings. The second-order valence-electron chi connectivity index (χ2n) is 4.34. The molecule has 0 bridgehead atoms. The van der Waals surface area contributed by atoms with Crippen molar-refractivity contribution in [3.63, 3.8) is 0 Å². The van der Waals surface area contributed by atoms with Gasteiger partial charge in [0.1, 0.15) is 11.5 Å². The van der Waals surface area contributed by atoms with Gasteiger partial charge in [-0.15, -0.1) is 0 Å². The standard InChI is InChI=1S/C15H12O3/c16-15(17)12-9-10-5-1-3-7-13(10)18-14-8-4-2-6-11(12)14/h1-8,12H,9H2,(H,16,17)/t12-/m0/s1. The molecule has 2 aromatic carbocycles. The van der Waals surface area contributed by atoms with Gasteiger partial charge in [0.15, 0.2) is 0 Å². The van der Waals surface area contributed by atoms with Gasteiger partial charge < -0.3 is 9.84 Å². The van der Waals surface area contributed by atoms with Gasteiger partial charge in [0.05, 0.1) is 5.92 Å². The van der Waals surface area contributed by atoms with Gasteiger partial charge in [-0.3, -0.25) is 4.79 Å². The van der Waals surface area contributed by atoms with Gasteiger partial charge in [0.25, 0.3) is 0 Å². The molecule has 0 saturated carbocycles. The molecule has 0 aromatic heterocycles. The average Bonchev–Trinajstić information content (AvgIpc) is 2.55. The number of carboxylic acids is 1. The van der Waals surface area contributed by atoms with Gasteiger partial charge >= 0.3 is 5.97 Å². The maximum atomic E-state index is 11.4. The Morgan fingerprint density at radius 2 is 1.72 bits per heavy atom. The largest absolute Gasteiger partial charge is 0.481 e. The number of carbonyl (C=O) groups is 1. The Labute approximate surface area is 105 Å². The lowest BCUT2D eigenvalue weighted by Crippen LogP contribution is -2.13. The lowest BCUT2D eigenvalue weighted by Gasteiger charge is -2.11. The lowest BCUT2D eigenvalue weighted by molar-refractivity contribution is -0.138. The van der Waals surface area contributed by atoms with Crippen LogP contribution in [0.4, 0.5) is 0 Å². The van der Waals surface area contributed by atoms with E-state index >= 15 is 0 Å². The first-order chi connectivity index (χ1) is 8.75. The molecule has 3 heteroatoms. The highest BCUT2D eigenvalue weighted by atomic mass is 16.5. The van der Waals surface area contributed by atoms with Crippen LogP contribution in [-0.4, -0.2) is 11.1 Å². The van der Waals surface area contributed by atoms with Crippen LogP contribution in [0.25, 0.3) is 0 Å². The Morgan fingerprint density at radius 1 is 1.06 bits per heavy atom. The molecule has 0 unspecified atom stereocenters. The summed E-state index contributed by atoms with van der Waals surface area (Å²) < 4.78 is 5.82. The summed E-state index contributed by atoms with van der Waals surface area (Å²) in [5, 5.41) is 9.38. The van der Waals surface area contributed by atoms with Crippen LogP contribution in [0.3, 0.4) is 0 Å². The van der Waals surface area contributed by atoms with E-state index in [9.17, 15) is 9.90 Å². The van der Waals surface area contributed by atoms with E-state index in [0.717, 1.165) is 16.9 Å². The van der Waals surface area contributed by atoms with Gasteiger partial charge in [-0.25, -0.2) is 0 Å². The molecule has 0 saturated heterocycles. The van der Waals surface area contributed by atoms with Crippen molar-refractivity contribution in [2.24, 2.45) is 0 Å². The molecular formula is C15H12O3. The van der Waals surface area contributed by atoms with Crippen molar-refractivity contribution in [2.45, 2.75) is 12.3 Å². The normalized spacial score (nSPS) is 17.0. The zero-order chi connectivity index (χ0) is 12.5. The van der Waals surface area contributed by atoms with E-state index in [0.29, 0.717) is 12.2 Å². The second kappa shape index (κ2) is 4.18. The fourth-order valence-corrected chi connectivity index (χ4v) is 2.30. The molecule has 1 N–H and O–H groups in total. The third-order valence-corrected chi connectivity index (χ3v) is 3.21. The molecule has 1 aliphatic heterocycles. The summed E-state index contributed by atoms with van der Waals surface area (Å²) in [6, 6.07) is 14.9. The number of aliphatic carboxylic acids is 1. The molecule has 0 aliphatic carbocycles. The predicted octanol–water partition coefficient (Wildman–Crippen LogP) is 3.20. The summed E-state index contributed by atoms with van der Waals surface area (Å²) in [6.45, 7) is 0. The fourth-order valence-electron chi connectivity index (χ4n) is 2.30. The highest BCUT2D eigenvalue weighted by Gasteiger charge is 2.28. The third kappa shape index (κ3) is 1.74. The van der Waals surface area contributed by atoms with Crippen molar-refractivity contribution < 1.29 is 14.6 Å². The van der Waals surface area contributed by atoms with E-state index in [-0.39, 0.29) is 0 Å². The molecule has 90 valence electrons. The number of para-hydroxylation sites is 2. The fraction of sp³-hybridized carbons (Fsp3) is 0.133. The van der Waals surface area contributed by atoms with Crippen molar-refractivity contribution in [1.29, 1.82) is 0 Å². The van der Waals surface area contributed by atoms with Crippen LogP contribution in [0.5, 0.6) is 11.5 Å². The Hall–Kier alpha value is -2.29. The summed E-state index contributed by atoms with van der Waals surface area (Å²) in [4.78, 5) is 11.4. The Balaban J connectivity index is 2.17. The van der Waals surface area contributed by atoms with Crippen LogP contribution < -0.4 is 4.74 Å². The molecule has 18 heavy (non-hydrogen) atoms. The molecular weight excluding hydrogens is 228 g/mol. The first kappa shape index (κ1) is 10.8. The second-order valence-corrected chi connectivity index (χ2v) is 4.34. The predicted molar refractivity (Wildman–Crippen MR) is 67.0 cm³/mol. The molecule has 0 spiro atoms. The number of hydrogen-bond donors (Lipinski definition) is 1. The highest BCUT2D eigenvalue weighted by Crippen LogP contribution is 2.39. The van der Waals surface area contributed by atoms with Gasteiger partial charge in [-0.2, -0.15) is 0 Å². The Bertz CT molecular complexity index is 604. The van der Waals surface area contributed by atoms with Gasteiger partial charge in [0, 0.05) is 5.56 Å². The van der Waals surface area contributed by atoms with Gasteiger partial charge in [-0.05, 0) is 24.1 Å². The summed E-state index contributed by atoms with van der Waals surface area (Å²) in [5.74, 6) is 0.0103. The number of hydrogen-bond acceptors (Lipinski definition) is 2. The molecule has 1 aliphatic rings. The van der Waals surface area contributed by atoms with Crippen molar-refractivity contribution in [1.82, 2.24) is 0 Å². The number of benzene rings is 2. The summed E-state index contributed by atoms with van der Waals surface area (Å²) in [7, 11) is 0. The molecule has 3 rings (SSSR count). The number of rotatable bonds is 1. The quantitative estimate of drug-likeness (QED) is 0.832. The van der Waals surface area contributed by atoms with Crippen LogP contribution >= 0.6 is 0 Å². The first-order valence-corrected chi connectivity index (χ1v) is 5.83. The first-order valence-electron chi connectivity index (χ1n) is 5.83. The minimum atomic E-state index is -0.817. The average molecular weight is 240 g/mol. The number of carboxylic acid groups (broad SMARTS) is 1. The summed E-state index contributed by atoms with van der Waals surface area (Å²) >= 11 is 0. The molecule has 1 heterocycles. The monoisotopic (exact) mass is 240 g/mol. The zero-order valence-corrected chi connectivity index (χ0v) is 9.67. The van der Waals surface area contributed by atoms with Crippen LogP contribution in [0.1, 0.15) is 17.0 Å². The third-order valence-electron chi connectivity index (χ3n) is 3.21. The van der Waals surface area contributed by atoms with E-state index in [1.807, 2.05) is 48.5 Å². The van der Waals surface area contributed by atoms with E-state index in [1.54, 1.807) is 0 Å². The maximum absolute atomic E-state index is 11.4. The van der Waals surface area contributed by atoms with Crippen LogP contribution in [0.2, 0.25) is 0 Å². The molecule has 3 nitrogen and oxygen atoms in total. The smallest absolute Gasteiger partial charge is 0.311 e. The van der Waals surface area contributed by atoms with Gasteiger partial charge in [-0.1, -0.05) is 36.4 Å². The van der Waals surface area contributed by atoms with Crippen LogP contribution in [0, 0.1) is 0 Å². The number of fused-ring (bicyclic) bond motifs is 2. The molecule has 0 fully saturated rings. The lowest BCUT2D eigenvalue weighted by atomic mass is 9.92. The van der Waals surface area contributed by atoms with Crippen LogP contribution in [-0.2, 0) is 11.2 Å². The van der Waals surface area contributed by atoms with E-state index in [4.69, 9.17) is 4.74 Å². The topological polar surface area (TPSA) is 46.5 Å². The SMILES string of the molecule is O=C(O)[C@H]1Cc2ccccc2Oc2ccccc21. The summed E-state index contributed by atoms with van der Waals surface area (Å²) in [5.41, 5.74) is 1.67. The summed E-state index contributed by atoms with van der Waals surface area (Å²) in [6.07, 6.45) is 0.461. The maximum Gasteiger partial charge on any atom is 0.311 e. The zero-order valence-electron chi connectivity index (χ0n) is 9.67. The minimum absolute atomic E-state index is 0.461. The van der Waals surface area contributed by atoms with Crippen molar-refractivity contribution in [2.75, 3.05) is 0 Å². The molecule has 1 atom stereocenters. The Kier molecular flexibility index (Phi) is 2.52. The van der Waals surface area contributed by atoms with Crippen molar-refractivity contribution in [3.8, 4) is 11.5 Å².